The van der Waals surface area contributed by atoms with E-state index in [1.54, 1.807) is 0 Å². The van der Waals surface area contributed by atoms with Gasteiger partial charge in [-0.05, 0) is 12.0 Å². The zero-order valence-corrected chi connectivity index (χ0v) is 7.41. The Morgan fingerprint density at radius 2 is 1.79 bits per heavy atom. The first kappa shape index (κ1) is 7.79. The van der Waals surface area contributed by atoms with Crippen LogP contribution in [0.15, 0.2) is 34.6 Å². The van der Waals surface area contributed by atoms with Crippen LogP contribution in [0.2, 0.25) is 0 Å². The van der Waals surface area contributed by atoms with Crippen LogP contribution in [0.25, 0.3) is 0 Å². The van der Waals surface area contributed by atoms with E-state index in [9.17, 15) is 0 Å². The number of fused-ring (bicyclic) bond motifs is 5. The van der Waals surface area contributed by atoms with E-state index < -0.39 is 0 Å². The van der Waals surface area contributed by atoms with E-state index in [0.29, 0.717) is 11.6 Å². The number of rotatable bonds is 0. The lowest BCUT2D eigenvalue weighted by Crippen LogP contribution is -2.20. The topological polar surface area (TPSA) is 65.2 Å². The standard InChI is InChI=1S/C10H10N2O2/c13-11-8-4-3-5-6-1-2-7(9(5)8)10(6)12-14/h1-7,9,13-14H/b11-8+,12-10-/t5-,6+,7+,9+/m0/s1. The molecule has 72 valence electrons. The maximum atomic E-state index is 8.88. The molecule has 3 rings (SSSR count). The summed E-state index contributed by atoms with van der Waals surface area (Å²) in [5.41, 5.74) is 1.51. The Morgan fingerprint density at radius 3 is 2.50 bits per heavy atom. The summed E-state index contributed by atoms with van der Waals surface area (Å²) in [5.74, 6) is 0.823. The Balaban J connectivity index is 2.08. The van der Waals surface area contributed by atoms with Gasteiger partial charge in [-0.1, -0.05) is 28.5 Å². The van der Waals surface area contributed by atoms with Gasteiger partial charge in [0.05, 0.1) is 11.4 Å². The largest absolute Gasteiger partial charge is 0.411 e. The van der Waals surface area contributed by atoms with Crippen LogP contribution in [-0.2, 0) is 0 Å². The molecule has 3 aliphatic rings. The fraction of sp³-hybridized carbons (Fsp3) is 0.400. The summed E-state index contributed by atoms with van der Waals surface area (Å²) < 4.78 is 0. The lowest BCUT2D eigenvalue weighted by Gasteiger charge is -2.17. The van der Waals surface area contributed by atoms with Crippen molar-refractivity contribution in [3.05, 3.63) is 24.3 Å². The lowest BCUT2D eigenvalue weighted by molar-refractivity contribution is 0.312. The summed E-state index contributed by atoms with van der Waals surface area (Å²) in [6.45, 7) is 0. The first-order valence-electron chi connectivity index (χ1n) is 4.67. The Labute approximate surface area is 80.9 Å². The van der Waals surface area contributed by atoms with Crippen LogP contribution in [-0.4, -0.2) is 21.8 Å². The molecule has 0 aromatic heterocycles. The number of nitrogens with zero attached hydrogens (tertiary/aromatic N) is 2. The maximum Gasteiger partial charge on any atom is 0.0839 e. The molecule has 1 fully saturated rings. The van der Waals surface area contributed by atoms with Gasteiger partial charge in [0, 0.05) is 17.8 Å². The van der Waals surface area contributed by atoms with Crippen LogP contribution < -0.4 is 0 Å². The predicted molar refractivity (Wildman–Crippen MR) is 50.7 cm³/mol. The second kappa shape index (κ2) is 2.47. The first-order chi connectivity index (χ1) is 6.86. The minimum Gasteiger partial charge on any atom is -0.411 e. The van der Waals surface area contributed by atoms with Crippen LogP contribution in [0.3, 0.4) is 0 Å². The minimum absolute atomic E-state index is 0.121. The molecule has 0 heterocycles. The molecular weight excluding hydrogens is 180 g/mol. The number of allylic oxidation sites excluding steroid dienone is 4. The van der Waals surface area contributed by atoms with E-state index in [4.69, 9.17) is 10.4 Å². The number of hydrogen-bond acceptors (Lipinski definition) is 4. The number of hydrogen-bond donors (Lipinski definition) is 2. The molecule has 4 nitrogen and oxygen atoms in total. The van der Waals surface area contributed by atoms with Gasteiger partial charge in [0.25, 0.3) is 0 Å². The van der Waals surface area contributed by atoms with Gasteiger partial charge in [0.1, 0.15) is 0 Å². The second-order valence-electron chi connectivity index (χ2n) is 3.95. The van der Waals surface area contributed by atoms with Crippen molar-refractivity contribution in [2.24, 2.45) is 34.0 Å². The smallest absolute Gasteiger partial charge is 0.0839 e. The Morgan fingerprint density at radius 1 is 1.00 bits per heavy atom. The average Bonchev–Trinajstić information content (AvgIpc) is 2.87. The highest BCUT2D eigenvalue weighted by Crippen LogP contribution is 2.49. The van der Waals surface area contributed by atoms with Gasteiger partial charge in [0.2, 0.25) is 0 Å². The van der Waals surface area contributed by atoms with E-state index in [1.807, 2.05) is 18.2 Å². The Bertz CT molecular complexity index is 395. The minimum atomic E-state index is 0.121. The molecular formula is C10H10N2O2. The van der Waals surface area contributed by atoms with Gasteiger partial charge in [-0.2, -0.15) is 0 Å². The van der Waals surface area contributed by atoms with Crippen molar-refractivity contribution in [1.29, 1.82) is 0 Å². The van der Waals surface area contributed by atoms with Crippen molar-refractivity contribution in [2.45, 2.75) is 0 Å². The van der Waals surface area contributed by atoms with Crippen molar-refractivity contribution in [2.75, 3.05) is 0 Å². The first-order valence-corrected chi connectivity index (χ1v) is 4.67. The van der Waals surface area contributed by atoms with E-state index in [0.717, 1.165) is 5.71 Å². The summed E-state index contributed by atoms with van der Waals surface area (Å²) in [6, 6.07) is 0. The molecule has 14 heavy (non-hydrogen) atoms. The summed E-state index contributed by atoms with van der Waals surface area (Å²) in [7, 11) is 0. The molecule has 4 atom stereocenters. The normalized spacial score (nSPS) is 48.3. The molecule has 2 bridgehead atoms. The van der Waals surface area contributed by atoms with Crippen molar-refractivity contribution < 1.29 is 10.4 Å². The quantitative estimate of drug-likeness (QED) is 0.343. The van der Waals surface area contributed by atoms with Crippen LogP contribution in [0.1, 0.15) is 0 Å². The zero-order valence-electron chi connectivity index (χ0n) is 7.41. The summed E-state index contributed by atoms with van der Waals surface area (Å²) >= 11 is 0. The van der Waals surface area contributed by atoms with Gasteiger partial charge >= 0.3 is 0 Å². The van der Waals surface area contributed by atoms with Crippen molar-refractivity contribution in [3.8, 4) is 0 Å². The molecule has 0 amide bonds. The fourth-order valence-corrected chi connectivity index (χ4v) is 2.93. The van der Waals surface area contributed by atoms with Crippen LogP contribution in [0.4, 0.5) is 0 Å². The molecule has 0 aliphatic heterocycles. The molecule has 4 heteroatoms. The van der Waals surface area contributed by atoms with E-state index in [1.165, 1.54) is 0 Å². The zero-order chi connectivity index (χ0) is 9.71. The third-order valence-corrected chi connectivity index (χ3v) is 3.49. The highest BCUT2D eigenvalue weighted by molar-refractivity contribution is 6.09. The van der Waals surface area contributed by atoms with Crippen LogP contribution >= 0.6 is 0 Å². The number of oxime groups is 2. The van der Waals surface area contributed by atoms with E-state index >= 15 is 0 Å². The van der Waals surface area contributed by atoms with Crippen LogP contribution in [0.5, 0.6) is 0 Å². The molecule has 2 N–H and O–H groups in total. The van der Waals surface area contributed by atoms with Gasteiger partial charge < -0.3 is 10.4 Å². The van der Waals surface area contributed by atoms with E-state index in [-0.39, 0.29) is 17.8 Å². The highest BCUT2D eigenvalue weighted by Gasteiger charge is 2.52. The summed E-state index contributed by atoms with van der Waals surface area (Å²) in [4.78, 5) is 0. The van der Waals surface area contributed by atoms with Crippen molar-refractivity contribution in [3.63, 3.8) is 0 Å². The Hall–Kier alpha value is -1.58. The third kappa shape index (κ3) is 0.697. The molecule has 1 saturated carbocycles. The molecule has 3 aliphatic carbocycles. The summed E-state index contributed by atoms with van der Waals surface area (Å²) in [5, 5.41) is 24.3. The average molecular weight is 190 g/mol. The highest BCUT2D eigenvalue weighted by atomic mass is 16.4. The monoisotopic (exact) mass is 190 g/mol. The van der Waals surface area contributed by atoms with Gasteiger partial charge in [-0.3, -0.25) is 0 Å². The molecule has 0 unspecified atom stereocenters. The Kier molecular flexibility index (Phi) is 1.37. The van der Waals surface area contributed by atoms with Crippen molar-refractivity contribution >= 4 is 11.4 Å². The predicted octanol–water partition coefficient (Wildman–Crippen LogP) is 1.26. The maximum absolute atomic E-state index is 8.88. The molecule has 0 radical (unpaired) electrons. The SMILES string of the molecule is O/N=C1/[C@@H]2C=C[C@@H]1[C@@H]1/C(=N/O)C=C[C@H]12. The van der Waals surface area contributed by atoms with Gasteiger partial charge in [0.15, 0.2) is 0 Å². The lowest BCUT2D eigenvalue weighted by atomic mass is 9.85. The van der Waals surface area contributed by atoms with Crippen LogP contribution in [0, 0.1) is 23.7 Å². The summed E-state index contributed by atoms with van der Waals surface area (Å²) in [6.07, 6.45) is 8.01. The molecule has 0 spiro atoms. The van der Waals surface area contributed by atoms with E-state index in [2.05, 4.69) is 16.4 Å². The fourth-order valence-electron chi connectivity index (χ4n) is 2.93. The molecule has 0 aromatic carbocycles. The second-order valence-corrected chi connectivity index (χ2v) is 3.95. The van der Waals surface area contributed by atoms with Gasteiger partial charge in [-0.15, -0.1) is 0 Å². The molecule has 0 saturated heterocycles. The third-order valence-electron chi connectivity index (χ3n) is 3.49. The van der Waals surface area contributed by atoms with Gasteiger partial charge in [-0.25, -0.2) is 0 Å². The van der Waals surface area contributed by atoms with Crippen molar-refractivity contribution in [1.82, 2.24) is 0 Å². The molecule has 0 aromatic rings.